The Kier molecular flexibility index (Phi) is 6.24. The molecule has 1 aromatic carbocycles. The lowest BCUT2D eigenvalue weighted by Crippen LogP contribution is -2.40. The molecule has 0 spiro atoms. The molecule has 1 aliphatic heterocycles. The summed E-state index contributed by atoms with van der Waals surface area (Å²) in [5.41, 5.74) is 1.94. The molecule has 1 N–H and O–H groups in total. The minimum atomic E-state index is 0.0423. The Bertz CT molecular complexity index is 441. The lowest BCUT2D eigenvalue weighted by molar-refractivity contribution is 0.0947. The van der Waals surface area contributed by atoms with Gasteiger partial charge in [0.25, 0.3) is 5.91 Å². The smallest absolute Gasteiger partial charge is 0.251 e. The first-order valence-electron chi connectivity index (χ1n) is 8.29. The number of benzene rings is 1. The molecule has 0 aromatic heterocycles. The molecule has 1 saturated heterocycles. The second-order valence-corrected chi connectivity index (χ2v) is 6.07. The monoisotopic (exact) mass is 288 g/mol. The number of hydrogen-bond acceptors (Lipinski definition) is 2. The van der Waals surface area contributed by atoms with Gasteiger partial charge < -0.3 is 10.2 Å². The maximum atomic E-state index is 12.0. The summed E-state index contributed by atoms with van der Waals surface area (Å²) in [5, 5.41) is 3.03. The lowest BCUT2D eigenvalue weighted by Gasteiger charge is -2.35. The second kappa shape index (κ2) is 8.18. The van der Waals surface area contributed by atoms with E-state index in [0.29, 0.717) is 0 Å². The highest BCUT2D eigenvalue weighted by Crippen LogP contribution is 2.19. The topological polar surface area (TPSA) is 32.3 Å². The van der Waals surface area contributed by atoms with E-state index in [1.807, 2.05) is 31.2 Å². The molecule has 1 fully saturated rings. The summed E-state index contributed by atoms with van der Waals surface area (Å²) in [7, 11) is 0. The minimum absolute atomic E-state index is 0.0423. The summed E-state index contributed by atoms with van der Waals surface area (Å²) in [6.07, 6.45) is 6.32. The maximum Gasteiger partial charge on any atom is 0.251 e. The fourth-order valence-electron chi connectivity index (χ4n) is 3.11. The van der Waals surface area contributed by atoms with E-state index in [1.54, 1.807) is 0 Å². The van der Waals surface area contributed by atoms with Crippen LogP contribution in [0.1, 0.15) is 54.9 Å². The third kappa shape index (κ3) is 4.85. The predicted molar refractivity (Wildman–Crippen MR) is 87.6 cm³/mol. The van der Waals surface area contributed by atoms with E-state index in [0.717, 1.165) is 31.1 Å². The summed E-state index contributed by atoms with van der Waals surface area (Å²) in [4.78, 5) is 14.6. The summed E-state index contributed by atoms with van der Waals surface area (Å²) in [6, 6.07) is 8.50. The number of likely N-dealkylation sites (tertiary alicyclic amines) is 1. The van der Waals surface area contributed by atoms with Gasteiger partial charge in [-0.25, -0.2) is 0 Å². The van der Waals surface area contributed by atoms with Crippen molar-refractivity contribution in [2.45, 2.75) is 52.0 Å². The van der Waals surface area contributed by atoms with E-state index in [9.17, 15) is 4.79 Å². The van der Waals surface area contributed by atoms with Gasteiger partial charge in [-0.2, -0.15) is 0 Å². The van der Waals surface area contributed by atoms with E-state index < -0.39 is 0 Å². The number of amides is 1. The van der Waals surface area contributed by atoms with Crippen molar-refractivity contribution in [1.29, 1.82) is 0 Å². The van der Waals surface area contributed by atoms with Crippen LogP contribution >= 0.6 is 0 Å². The van der Waals surface area contributed by atoms with Crippen LogP contribution in [0.25, 0.3) is 0 Å². The quantitative estimate of drug-likeness (QED) is 0.814. The summed E-state index contributed by atoms with van der Waals surface area (Å²) in [5.74, 6) is 0.0423. The molecule has 3 heteroatoms. The molecular formula is C18H28N2O. The Labute approximate surface area is 128 Å². The summed E-state index contributed by atoms with van der Waals surface area (Å²) >= 11 is 0. The van der Waals surface area contributed by atoms with Gasteiger partial charge in [0.2, 0.25) is 0 Å². The first-order valence-corrected chi connectivity index (χ1v) is 8.29. The molecular weight excluding hydrogens is 260 g/mol. The molecule has 0 aliphatic carbocycles. The second-order valence-electron chi connectivity index (χ2n) is 6.07. The number of piperidine rings is 1. The Morgan fingerprint density at radius 2 is 2.05 bits per heavy atom. The third-order valence-electron chi connectivity index (χ3n) is 4.44. The molecule has 1 aromatic rings. The molecule has 1 heterocycles. The van der Waals surface area contributed by atoms with Crippen LogP contribution in [0.4, 0.5) is 0 Å². The van der Waals surface area contributed by atoms with Crippen molar-refractivity contribution >= 4 is 5.91 Å². The van der Waals surface area contributed by atoms with Crippen molar-refractivity contribution in [3.63, 3.8) is 0 Å². The highest BCUT2D eigenvalue weighted by Gasteiger charge is 2.19. The summed E-state index contributed by atoms with van der Waals surface area (Å²) < 4.78 is 0. The molecule has 1 atom stereocenters. The molecule has 21 heavy (non-hydrogen) atoms. The molecule has 0 saturated carbocycles. The van der Waals surface area contributed by atoms with Crippen molar-refractivity contribution in [2.75, 3.05) is 19.6 Å². The largest absolute Gasteiger partial charge is 0.352 e. The zero-order valence-corrected chi connectivity index (χ0v) is 13.4. The highest BCUT2D eigenvalue weighted by atomic mass is 16.1. The summed E-state index contributed by atoms with van der Waals surface area (Å²) in [6.45, 7) is 7.41. The van der Waals surface area contributed by atoms with E-state index in [-0.39, 0.29) is 5.91 Å². The van der Waals surface area contributed by atoms with E-state index >= 15 is 0 Å². The molecule has 2 rings (SSSR count). The van der Waals surface area contributed by atoms with Gasteiger partial charge in [0.05, 0.1) is 0 Å². The number of nitrogens with zero attached hydrogens (tertiary/aromatic N) is 1. The molecule has 0 bridgehead atoms. The number of rotatable bonds is 6. The van der Waals surface area contributed by atoms with Crippen LogP contribution in [0.5, 0.6) is 0 Å². The third-order valence-corrected chi connectivity index (χ3v) is 4.44. The van der Waals surface area contributed by atoms with Gasteiger partial charge in [-0.05, 0) is 51.3 Å². The molecule has 1 aliphatic rings. The SMILES string of the molecule is CCC1CCCCN1CCCNC(=O)c1ccc(C)cc1. The standard InChI is InChI=1S/C18H28N2O/c1-3-17-7-4-5-13-20(17)14-6-12-19-18(21)16-10-8-15(2)9-11-16/h8-11,17H,3-7,12-14H2,1-2H3,(H,19,21). The Morgan fingerprint density at radius 1 is 1.29 bits per heavy atom. The van der Waals surface area contributed by atoms with Gasteiger partial charge in [0.15, 0.2) is 0 Å². The van der Waals surface area contributed by atoms with Crippen LogP contribution in [0.2, 0.25) is 0 Å². The van der Waals surface area contributed by atoms with Crippen molar-refractivity contribution in [3.05, 3.63) is 35.4 Å². The van der Waals surface area contributed by atoms with Gasteiger partial charge in [-0.15, -0.1) is 0 Å². The van der Waals surface area contributed by atoms with Crippen molar-refractivity contribution in [1.82, 2.24) is 10.2 Å². The number of hydrogen-bond donors (Lipinski definition) is 1. The fourth-order valence-corrected chi connectivity index (χ4v) is 3.11. The van der Waals surface area contributed by atoms with Gasteiger partial charge in [-0.3, -0.25) is 4.79 Å². The Hall–Kier alpha value is -1.35. The number of aryl methyl sites for hydroxylation is 1. The number of carbonyl (C=O) groups excluding carboxylic acids is 1. The first-order chi connectivity index (χ1) is 10.2. The van der Waals surface area contributed by atoms with E-state index in [4.69, 9.17) is 0 Å². The van der Waals surface area contributed by atoms with E-state index in [1.165, 1.54) is 37.8 Å². The van der Waals surface area contributed by atoms with Crippen molar-refractivity contribution < 1.29 is 4.79 Å². The van der Waals surface area contributed by atoms with Crippen molar-refractivity contribution in [3.8, 4) is 0 Å². The number of nitrogens with one attached hydrogen (secondary N) is 1. The molecule has 116 valence electrons. The minimum Gasteiger partial charge on any atom is -0.352 e. The predicted octanol–water partition coefficient (Wildman–Crippen LogP) is 3.38. The molecule has 1 unspecified atom stereocenters. The molecule has 3 nitrogen and oxygen atoms in total. The van der Waals surface area contributed by atoms with Gasteiger partial charge in [-0.1, -0.05) is 31.0 Å². The number of carbonyl (C=O) groups is 1. The Morgan fingerprint density at radius 3 is 2.76 bits per heavy atom. The zero-order chi connectivity index (χ0) is 15.1. The van der Waals surface area contributed by atoms with Crippen LogP contribution in [-0.4, -0.2) is 36.5 Å². The maximum absolute atomic E-state index is 12.0. The van der Waals surface area contributed by atoms with Crippen LogP contribution in [0.3, 0.4) is 0 Å². The first kappa shape index (κ1) is 16.0. The highest BCUT2D eigenvalue weighted by molar-refractivity contribution is 5.94. The Balaban J connectivity index is 1.69. The van der Waals surface area contributed by atoms with E-state index in [2.05, 4.69) is 17.1 Å². The van der Waals surface area contributed by atoms with Gasteiger partial charge >= 0.3 is 0 Å². The van der Waals surface area contributed by atoms with Gasteiger partial charge in [0.1, 0.15) is 0 Å². The molecule has 0 radical (unpaired) electrons. The van der Waals surface area contributed by atoms with Crippen LogP contribution in [-0.2, 0) is 0 Å². The van der Waals surface area contributed by atoms with Crippen LogP contribution < -0.4 is 5.32 Å². The fraction of sp³-hybridized carbons (Fsp3) is 0.611. The van der Waals surface area contributed by atoms with Crippen molar-refractivity contribution in [2.24, 2.45) is 0 Å². The average molecular weight is 288 g/mol. The zero-order valence-electron chi connectivity index (χ0n) is 13.4. The normalized spacial score (nSPS) is 19.4. The lowest BCUT2D eigenvalue weighted by atomic mass is 10.00. The molecule has 1 amide bonds. The van der Waals surface area contributed by atoms with Crippen LogP contribution in [0, 0.1) is 6.92 Å². The average Bonchev–Trinajstić information content (AvgIpc) is 2.52. The van der Waals surface area contributed by atoms with Crippen LogP contribution in [0.15, 0.2) is 24.3 Å². The van der Waals surface area contributed by atoms with Gasteiger partial charge in [0, 0.05) is 24.7 Å².